The van der Waals surface area contributed by atoms with Gasteiger partial charge < -0.3 is 0 Å². The monoisotopic (exact) mass is 229 g/mol. The molecule has 2 N–H and O–H groups in total. The Kier molecular flexibility index (Phi) is 2.23. The predicted molar refractivity (Wildman–Crippen MR) is 36.9 cm³/mol. The van der Waals surface area contributed by atoms with Crippen LogP contribution in [0.1, 0.15) is 0 Å². The van der Waals surface area contributed by atoms with Crippen LogP contribution in [0, 0.1) is 0 Å². The van der Waals surface area contributed by atoms with E-state index in [9.17, 15) is 3.02 Å². The van der Waals surface area contributed by atoms with Gasteiger partial charge in [-0.1, -0.05) is 0 Å². The third kappa shape index (κ3) is 1.79. The topological polar surface area (TPSA) is 43.1 Å². The maximum atomic E-state index is 10.4. The van der Waals surface area contributed by atoms with Gasteiger partial charge in [0.2, 0.25) is 0 Å². The van der Waals surface area contributed by atoms with Gasteiger partial charge in [-0.2, -0.15) is 0 Å². The Morgan fingerprint density at radius 1 is 1.44 bits per heavy atom. The number of benzene rings is 1. The quantitative estimate of drug-likeness (QED) is 0.542. The van der Waals surface area contributed by atoms with Crippen LogP contribution >= 0.6 is 0 Å². The second kappa shape index (κ2) is 2.97. The number of hydrogen-bond acceptors (Lipinski definition) is 2. The average Bonchev–Trinajstić information content (AvgIpc) is 1.88. The molecule has 0 radical (unpaired) electrons. The van der Waals surface area contributed by atoms with Crippen molar-refractivity contribution in [1.29, 1.82) is 0 Å². The first kappa shape index (κ1) is 6.75. The Bertz CT molecular complexity index is 224. The summed E-state index contributed by atoms with van der Waals surface area (Å²) in [7, 11) is 0. The standard InChI is InChI=1S/C6H6N.O.Sb/c7-6-4-2-1-3-5-6;;/h1-2,4-5H,7H2;;. The molecule has 2 nitrogen and oxygen atoms in total. The van der Waals surface area contributed by atoms with Crippen molar-refractivity contribution in [3.63, 3.8) is 0 Å². The van der Waals surface area contributed by atoms with Gasteiger partial charge in [0.25, 0.3) is 0 Å². The number of rotatable bonds is 1. The van der Waals surface area contributed by atoms with Crippen LogP contribution in [-0.2, 0) is 3.02 Å². The molecule has 0 aliphatic heterocycles. The summed E-state index contributed by atoms with van der Waals surface area (Å²) in [6.45, 7) is 0. The van der Waals surface area contributed by atoms with Gasteiger partial charge in [0, 0.05) is 0 Å². The van der Waals surface area contributed by atoms with Gasteiger partial charge in [-0.25, -0.2) is 0 Å². The summed E-state index contributed by atoms with van der Waals surface area (Å²) in [5.74, 6) is 0. The zero-order valence-electron chi connectivity index (χ0n) is 4.74. The normalized spacial score (nSPS) is 8.89. The van der Waals surface area contributed by atoms with Gasteiger partial charge in [0.15, 0.2) is 0 Å². The van der Waals surface area contributed by atoms with Crippen molar-refractivity contribution in [1.82, 2.24) is 0 Å². The van der Waals surface area contributed by atoms with Crippen LogP contribution in [0.15, 0.2) is 24.3 Å². The minimum atomic E-state index is -1.35. The van der Waals surface area contributed by atoms with E-state index in [4.69, 9.17) is 5.73 Å². The van der Waals surface area contributed by atoms with Crippen molar-refractivity contribution in [2.75, 3.05) is 5.73 Å². The van der Waals surface area contributed by atoms with Crippen molar-refractivity contribution in [3.05, 3.63) is 24.3 Å². The van der Waals surface area contributed by atoms with Crippen LogP contribution in [0.2, 0.25) is 0 Å². The van der Waals surface area contributed by atoms with Crippen LogP contribution in [0.5, 0.6) is 0 Å². The van der Waals surface area contributed by atoms with E-state index in [1.165, 1.54) is 0 Å². The Balaban J connectivity index is 3.07. The van der Waals surface area contributed by atoms with Gasteiger partial charge in [-0.3, -0.25) is 0 Å². The summed E-state index contributed by atoms with van der Waals surface area (Å²) in [4.78, 5) is 0. The van der Waals surface area contributed by atoms with Gasteiger partial charge in [0.1, 0.15) is 0 Å². The molecule has 1 rings (SSSR count). The molecule has 0 aromatic heterocycles. The Labute approximate surface area is 64.0 Å². The van der Waals surface area contributed by atoms with Crippen molar-refractivity contribution < 1.29 is 3.02 Å². The van der Waals surface area contributed by atoms with E-state index >= 15 is 0 Å². The van der Waals surface area contributed by atoms with Crippen molar-refractivity contribution in [3.8, 4) is 0 Å². The summed E-state index contributed by atoms with van der Waals surface area (Å²) in [5, 5.41) is 0. The van der Waals surface area contributed by atoms with Gasteiger partial charge >= 0.3 is 63.8 Å². The fraction of sp³-hybridized carbons (Fsp3) is 0. The summed E-state index contributed by atoms with van der Waals surface area (Å²) >= 11 is -1.35. The van der Waals surface area contributed by atoms with Crippen LogP contribution in [0.3, 0.4) is 0 Å². The van der Waals surface area contributed by atoms with Gasteiger partial charge in [-0.05, 0) is 0 Å². The number of nitrogens with two attached hydrogens (primary N) is 1. The third-order valence-corrected chi connectivity index (χ3v) is 2.37. The predicted octanol–water partition coefficient (Wildman–Crippen LogP) is -0.0562. The number of hydrogen-bond donors (Lipinski definition) is 1. The molecule has 46 valence electrons. The number of anilines is 1. The molecule has 0 unspecified atom stereocenters. The van der Waals surface area contributed by atoms with E-state index in [0.29, 0.717) is 5.69 Å². The summed E-state index contributed by atoms with van der Waals surface area (Å²) < 4.78 is 11.3. The molecular weight excluding hydrogens is 224 g/mol. The Morgan fingerprint density at radius 2 is 2.22 bits per heavy atom. The summed E-state index contributed by atoms with van der Waals surface area (Å²) in [6.07, 6.45) is 0. The second-order valence-electron chi connectivity index (χ2n) is 1.69. The van der Waals surface area contributed by atoms with Crippen LogP contribution in [-0.4, -0.2) is 21.6 Å². The van der Waals surface area contributed by atoms with E-state index in [0.717, 1.165) is 3.51 Å². The fourth-order valence-electron chi connectivity index (χ4n) is 0.582. The number of nitrogen functional groups attached to an aromatic ring is 1. The van der Waals surface area contributed by atoms with E-state index in [1.807, 2.05) is 12.1 Å². The average molecular weight is 230 g/mol. The summed E-state index contributed by atoms with van der Waals surface area (Å²) in [6, 6.07) is 7.19. The molecule has 1 aromatic rings. The molecule has 0 atom stereocenters. The SMILES string of the molecule is Nc1ccc[c]([Sb]=[O])c1. The molecule has 1 aromatic carbocycles. The fourth-order valence-corrected chi connectivity index (χ4v) is 1.58. The molecule has 0 saturated heterocycles. The molecule has 0 spiro atoms. The molecular formula is C6H6NOSb. The molecule has 0 amide bonds. The first-order chi connectivity index (χ1) is 4.33. The first-order valence-corrected chi connectivity index (χ1v) is 4.83. The second-order valence-corrected chi connectivity index (χ2v) is 3.68. The molecule has 0 bridgehead atoms. The zero-order chi connectivity index (χ0) is 6.69. The molecule has 0 fully saturated rings. The molecule has 0 saturated carbocycles. The Hall–Kier alpha value is -0.362. The van der Waals surface area contributed by atoms with E-state index in [-0.39, 0.29) is 0 Å². The van der Waals surface area contributed by atoms with E-state index < -0.39 is 21.6 Å². The van der Waals surface area contributed by atoms with E-state index in [1.54, 1.807) is 12.1 Å². The molecule has 9 heavy (non-hydrogen) atoms. The minimum absolute atomic E-state index is 0.693. The van der Waals surface area contributed by atoms with Crippen molar-refractivity contribution >= 4 is 30.8 Å². The molecule has 0 aliphatic carbocycles. The Morgan fingerprint density at radius 3 is 2.67 bits per heavy atom. The van der Waals surface area contributed by atoms with Crippen molar-refractivity contribution in [2.45, 2.75) is 0 Å². The van der Waals surface area contributed by atoms with Gasteiger partial charge in [-0.15, -0.1) is 0 Å². The molecule has 0 heterocycles. The van der Waals surface area contributed by atoms with Crippen LogP contribution < -0.4 is 9.24 Å². The summed E-state index contributed by atoms with van der Waals surface area (Å²) in [5.41, 5.74) is 6.11. The zero-order valence-corrected chi connectivity index (χ0v) is 7.29. The van der Waals surface area contributed by atoms with Crippen LogP contribution in [0.4, 0.5) is 5.69 Å². The van der Waals surface area contributed by atoms with E-state index in [2.05, 4.69) is 0 Å². The molecule has 0 aliphatic rings. The first-order valence-electron chi connectivity index (χ1n) is 2.52. The third-order valence-electron chi connectivity index (χ3n) is 0.976. The van der Waals surface area contributed by atoms with Gasteiger partial charge in [0.05, 0.1) is 0 Å². The maximum absolute atomic E-state index is 10.4. The van der Waals surface area contributed by atoms with Crippen molar-refractivity contribution in [2.24, 2.45) is 0 Å². The molecule has 3 heteroatoms. The van der Waals surface area contributed by atoms with Crippen LogP contribution in [0.25, 0.3) is 0 Å².